The number of rotatable bonds is 15. The van der Waals surface area contributed by atoms with Crippen molar-refractivity contribution in [2.45, 2.75) is 157 Å². The molecule has 0 aromatic heterocycles. The molecule has 0 bridgehead atoms. The highest BCUT2D eigenvalue weighted by molar-refractivity contribution is 7.91. The minimum absolute atomic E-state index is 0.00381. The first-order valence-electron chi connectivity index (χ1n) is 23.9. The molecule has 6 aliphatic carbocycles. The van der Waals surface area contributed by atoms with Gasteiger partial charge in [-0.3, -0.25) is 19.1 Å². The number of ether oxygens (including phenoxy) is 2. The highest BCUT2D eigenvalue weighted by Crippen LogP contribution is 2.76. The fourth-order valence-corrected chi connectivity index (χ4v) is 18.1. The lowest BCUT2D eigenvalue weighted by molar-refractivity contribution is -0.246. The molecular weight excluding hydrogens is 828 g/mol. The summed E-state index contributed by atoms with van der Waals surface area (Å²) in [5.41, 5.74) is 0.997. The Balaban J connectivity index is 1.11. The molecule has 14 atom stereocenters. The molecule has 2 N–H and O–H groups in total. The molecule has 0 aromatic carbocycles. The van der Waals surface area contributed by atoms with Crippen LogP contribution in [0.25, 0.3) is 0 Å². The molecule has 6 saturated carbocycles. The van der Waals surface area contributed by atoms with Crippen LogP contribution in [0.2, 0.25) is 0 Å². The molecule has 7 fully saturated rings. The molecule has 354 valence electrons. The second-order valence-corrected chi connectivity index (χ2v) is 27.8. The summed E-state index contributed by atoms with van der Waals surface area (Å²) in [7, 11) is -3.77. The van der Waals surface area contributed by atoms with E-state index >= 15 is 0 Å². The van der Waals surface area contributed by atoms with Crippen LogP contribution in [-0.4, -0.2) is 106 Å². The van der Waals surface area contributed by atoms with Gasteiger partial charge >= 0.3 is 19.5 Å². The topological polar surface area (TPSA) is 158 Å². The second kappa shape index (κ2) is 16.8. The van der Waals surface area contributed by atoms with Crippen LogP contribution >= 0.6 is 7.60 Å². The first kappa shape index (κ1) is 48.6. The molecule has 0 amide bonds. The Bertz CT molecular complexity index is 1890. The molecule has 12 nitrogen and oxygen atoms in total. The number of sulfone groups is 1. The van der Waals surface area contributed by atoms with E-state index in [-0.39, 0.29) is 92.9 Å². The predicted molar refractivity (Wildman–Crippen MR) is 241 cm³/mol. The fourth-order valence-electron chi connectivity index (χ4n) is 16.1. The number of esters is 1. The molecule has 7 rings (SSSR count). The van der Waals surface area contributed by atoms with Crippen LogP contribution in [0.4, 0.5) is 0 Å². The summed E-state index contributed by atoms with van der Waals surface area (Å²) in [5.74, 6) is 0.942. The number of aliphatic carboxylic acids is 1. The van der Waals surface area contributed by atoms with Gasteiger partial charge in [-0.1, -0.05) is 60.6 Å². The smallest absolute Gasteiger partial charge is 0.355 e. The van der Waals surface area contributed by atoms with Crippen molar-refractivity contribution in [2.75, 3.05) is 51.7 Å². The minimum atomic E-state index is -3.41. The number of nitrogens with zero attached hydrogens (tertiary/aromatic N) is 1. The third-order valence-corrected chi connectivity index (χ3v) is 23.3. The van der Waals surface area contributed by atoms with Crippen molar-refractivity contribution in [3.8, 4) is 0 Å². The average Bonchev–Trinajstić information content (AvgIpc) is 3.51. The SMILES string of the molecule is C=C(C)[C@@H]1CC[C@]2(NCC(C(C)OCP(=O)(OC)OC)N3CCS(=O)(=O)CC3)CC[C@]3(C)[C@H](CC[C@@H]4[C@@]5(C)CC[C@H](OC(=O)[C@H]6[C@@H](CC(=O)O)C6(C)C)C(C)(C)[C@@H]5CC[C@]43C)[C@@H]12. The van der Waals surface area contributed by atoms with Gasteiger partial charge in [0.05, 0.1) is 23.5 Å². The Hall–Kier alpha value is -1.34. The van der Waals surface area contributed by atoms with Crippen molar-refractivity contribution in [1.29, 1.82) is 0 Å². The molecule has 0 radical (unpaired) electrons. The number of nitrogens with one attached hydrogen (secondary N) is 1. The number of allylic oxidation sites excluding steroid dienone is 1. The number of carboxylic acids is 1. The standard InChI is InChI=1S/C48H81N2O10PS/c1-30(2)32-15-20-48(49-28-35(50-23-25-62(55,56)26-24-50)31(3)59-29-61(54,57-11)58-12)22-21-46(9)33(40(32)48)13-14-37-45(8)18-17-38(44(6,7)36(45)16-19-47(37,46)10)60-42(53)41-34(27-39(51)52)43(41,4)5/h31-38,40-41,49H,1,13-29H2,2-12H3,(H,51,52)/t31?,32-,33+,34+,35?,36-,37+,38-,40+,41+,45-,46+,47+,48-/m0/s1. The van der Waals surface area contributed by atoms with Gasteiger partial charge in [0.15, 0.2) is 9.84 Å². The Morgan fingerprint density at radius 2 is 1.53 bits per heavy atom. The van der Waals surface area contributed by atoms with Crippen molar-refractivity contribution in [1.82, 2.24) is 10.2 Å². The highest BCUT2D eigenvalue weighted by Gasteiger charge is 2.71. The van der Waals surface area contributed by atoms with Gasteiger partial charge in [0.2, 0.25) is 0 Å². The Kier molecular flexibility index (Phi) is 13.1. The van der Waals surface area contributed by atoms with E-state index in [1.54, 1.807) is 0 Å². The zero-order chi connectivity index (χ0) is 45.6. The van der Waals surface area contributed by atoms with Gasteiger partial charge in [-0.05, 0) is 135 Å². The van der Waals surface area contributed by atoms with Crippen molar-refractivity contribution in [3.63, 3.8) is 0 Å². The molecule has 1 saturated heterocycles. The molecule has 0 spiro atoms. The lowest BCUT2D eigenvalue weighted by Gasteiger charge is -2.73. The van der Waals surface area contributed by atoms with Gasteiger partial charge in [-0.25, -0.2) is 8.42 Å². The fraction of sp³-hybridized carbons (Fsp3) is 0.917. The summed E-state index contributed by atoms with van der Waals surface area (Å²) >= 11 is 0. The third kappa shape index (κ3) is 8.05. The van der Waals surface area contributed by atoms with E-state index in [0.717, 1.165) is 51.4 Å². The number of hydrogen-bond donors (Lipinski definition) is 2. The molecule has 2 unspecified atom stereocenters. The van der Waals surface area contributed by atoms with E-state index in [2.05, 4.69) is 58.3 Å². The summed E-state index contributed by atoms with van der Waals surface area (Å²) in [6.45, 7) is 26.9. The van der Waals surface area contributed by atoms with Gasteiger partial charge in [0, 0.05) is 57.3 Å². The van der Waals surface area contributed by atoms with Crippen LogP contribution in [0.3, 0.4) is 0 Å². The van der Waals surface area contributed by atoms with Crippen LogP contribution in [0.5, 0.6) is 0 Å². The van der Waals surface area contributed by atoms with Crippen LogP contribution < -0.4 is 5.32 Å². The molecular formula is C48H81N2O10PS. The number of fused-ring (bicyclic) bond motifs is 7. The van der Waals surface area contributed by atoms with E-state index in [1.807, 2.05) is 20.8 Å². The molecule has 0 aromatic rings. The van der Waals surface area contributed by atoms with Crippen LogP contribution in [0.1, 0.15) is 133 Å². The molecule has 1 aliphatic heterocycles. The van der Waals surface area contributed by atoms with Gasteiger partial charge in [0.1, 0.15) is 12.5 Å². The third-order valence-electron chi connectivity index (χ3n) is 20.1. The minimum Gasteiger partial charge on any atom is -0.481 e. The van der Waals surface area contributed by atoms with Gasteiger partial charge in [0.25, 0.3) is 0 Å². The summed E-state index contributed by atoms with van der Waals surface area (Å²) in [6.07, 6.45) is 10.2. The molecule has 14 heteroatoms. The normalized spacial score (nSPS) is 42.9. The van der Waals surface area contributed by atoms with Crippen molar-refractivity contribution < 1.29 is 46.2 Å². The zero-order valence-corrected chi connectivity index (χ0v) is 41.6. The summed E-state index contributed by atoms with van der Waals surface area (Å²) < 4.78 is 61.2. The monoisotopic (exact) mass is 909 g/mol. The lowest BCUT2D eigenvalue weighted by Crippen LogP contribution is -2.69. The van der Waals surface area contributed by atoms with Crippen LogP contribution in [0.15, 0.2) is 12.2 Å². The number of carbonyl (C=O) groups excluding carboxylic acids is 1. The highest BCUT2D eigenvalue weighted by atomic mass is 32.2. The van der Waals surface area contributed by atoms with E-state index in [4.69, 9.17) is 18.5 Å². The number of carboxylic acid groups (broad SMARTS) is 1. The van der Waals surface area contributed by atoms with E-state index in [9.17, 15) is 27.7 Å². The van der Waals surface area contributed by atoms with Crippen molar-refractivity contribution in [2.24, 2.45) is 68.5 Å². The average molecular weight is 909 g/mol. The van der Waals surface area contributed by atoms with E-state index in [0.29, 0.717) is 49.2 Å². The molecule has 1 heterocycles. The van der Waals surface area contributed by atoms with Gasteiger partial charge in [-0.2, -0.15) is 0 Å². The Morgan fingerprint density at radius 1 is 0.871 bits per heavy atom. The Morgan fingerprint density at radius 3 is 2.15 bits per heavy atom. The first-order valence-corrected chi connectivity index (χ1v) is 27.4. The molecule has 7 aliphatic rings. The summed E-state index contributed by atoms with van der Waals surface area (Å²) in [4.78, 5) is 27.5. The van der Waals surface area contributed by atoms with E-state index in [1.165, 1.54) is 32.6 Å². The Labute approximate surface area is 373 Å². The maximum absolute atomic E-state index is 13.7. The second-order valence-electron chi connectivity index (χ2n) is 23.2. The number of carbonyl (C=O) groups is 2. The van der Waals surface area contributed by atoms with Crippen molar-refractivity contribution >= 4 is 29.4 Å². The summed E-state index contributed by atoms with van der Waals surface area (Å²) in [6, 6.07) is -0.136. The van der Waals surface area contributed by atoms with Crippen molar-refractivity contribution in [3.05, 3.63) is 12.2 Å². The predicted octanol–water partition coefficient (Wildman–Crippen LogP) is 8.59. The first-order chi connectivity index (χ1) is 28.8. The van der Waals surface area contributed by atoms with Gasteiger partial charge < -0.3 is 28.9 Å². The van der Waals surface area contributed by atoms with Crippen LogP contribution in [-0.2, 0) is 42.5 Å². The largest absolute Gasteiger partial charge is 0.481 e. The van der Waals surface area contributed by atoms with E-state index < -0.39 is 23.4 Å². The lowest BCUT2D eigenvalue weighted by atomic mass is 9.32. The number of hydrogen-bond acceptors (Lipinski definition) is 11. The maximum atomic E-state index is 13.7. The summed E-state index contributed by atoms with van der Waals surface area (Å²) in [5, 5.41) is 13.7. The van der Waals surface area contributed by atoms with Gasteiger partial charge in [-0.15, -0.1) is 0 Å². The quantitative estimate of drug-likeness (QED) is 0.0918. The zero-order valence-electron chi connectivity index (χ0n) is 39.9. The molecule has 62 heavy (non-hydrogen) atoms. The maximum Gasteiger partial charge on any atom is 0.355 e. The van der Waals surface area contributed by atoms with Crippen LogP contribution in [0, 0.1) is 68.5 Å².